The first kappa shape index (κ1) is 24.6. The molecule has 0 N–H and O–H groups in total. The van der Waals surface area contributed by atoms with Crippen LogP contribution >= 0.6 is 0 Å². The molecule has 1 aliphatic heterocycles. The molecule has 1 amide bonds. The van der Waals surface area contributed by atoms with Gasteiger partial charge >= 0.3 is 0 Å². The monoisotopic (exact) mass is 497 g/mol. The van der Waals surface area contributed by atoms with Crippen LogP contribution in [0.15, 0.2) is 75.9 Å². The highest BCUT2D eigenvalue weighted by Gasteiger charge is 2.43. The number of hydrogen-bond acceptors (Lipinski definition) is 5. The van der Waals surface area contributed by atoms with Crippen LogP contribution in [0, 0.1) is 12.8 Å². The standard InChI is InChI=1S/C31H31NO5/c1-5-35-26-18-21(12-15-25(26)36-17-16-19(2)3)28-27-29(33)23-8-6-7-9-24(23)37-30(27)31(34)32(28)22-13-10-20(4)11-14-22/h6-15,18-19,28H,5,16-17H2,1-4H3. The van der Waals surface area contributed by atoms with Gasteiger partial charge < -0.3 is 13.9 Å². The fourth-order valence-corrected chi connectivity index (χ4v) is 4.69. The Balaban J connectivity index is 1.67. The molecule has 5 rings (SSSR count). The average Bonchev–Trinajstić information content (AvgIpc) is 3.18. The maximum atomic E-state index is 13.8. The molecule has 3 aromatic carbocycles. The Morgan fingerprint density at radius 3 is 2.43 bits per heavy atom. The van der Waals surface area contributed by atoms with Crippen LogP contribution in [0.25, 0.3) is 11.0 Å². The van der Waals surface area contributed by atoms with E-state index < -0.39 is 6.04 Å². The second-order valence-corrected chi connectivity index (χ2v) is 9.75. The number of benzene rings is 3. The number of carbonyl (C=O) groups is 1. The highest BCUT2D eigenvalue weighted by molar-refractivity contribution is 6.10. The zero-order valence-electron chi connectivity index (χ0n) is 21.6. The summed E-state index contributed by atoms with van der Waals surface area (Å²) in [5.41, 5.74) is 3.03. The van der Waals surface area contributed by atoms with E-state index in [1.54, 1.807) is 29.2 Å². The minimum atomic E-state index is -0.671. The molecule has 0 fully saturated rings. The summed E-state index contributed by atoms with van der Waals surface area (Å²) in [4.78, 5) is 29.2. The van der Waals surface area contributed by atoms with E-state index in [1.807, 2.05) is 56.3 Å². The molecule has 1 unspecified atom stereocenters. The van der Waals surface area contributed by atoms with Crippen molar-refractivity contribution in [3.63, 3.8) is 0 Å². The molecule has 6 nitrogen and oxygen atoms in total. The van der Waals surface area contributed by atoms with Crippen LogP contribution in [0.3, 0.4) is 0 Å². The number of carbonyl (C=O) groups excluding carboxylic acids is 1. The predicted octanol–water partition coefficient (Wildman–Crippen LogP) is 6.67. The van der Waals surface area contributed by atoms with Gasteiger partial charge in [-0.25, -0.2) is 0 Å². The van der Waals surface area contributed by atoms with Crippen molar-refractivity contribution in [1.29, 1.82) is 0 Å². The Morgan fingerprint density at radius 2 is 1.70 bits per heavy atom. The van der Waals surface area contributed by atoms with E-state index in [0.29, 0.717) is 52.9 Å². The van der Waals surface area contributed by atoms with Gasteiger partial charge in [-0.15, -0.1) is 0 Å². The number of fused-ring (bicyclic) bond motifs is 2. The molecular formula is C31H31NO5. The maximum absolute atomic E-state index is 13.8. The predicted molar refractivity (Wildman–Crippen MR) is 145 cm³/mol. The third-order valence-electron chi connectivity index (χ3n) is 6.63. The van der Waals surface area contributed by atoms with Crippen molar-refractivity contribution in [1.82, 2.24) is 0 Å². The lowest BCUT2D eigenvalue weighted by atomic mass is 9.97. The van der Waals surface area contributed by atoms with Crippen LogP contribution in [0.5, 0.6) is 11.5 Å². The van der Waals surface area contributed by atoms with Crippen molar-refractivity contribution in [2.24, 2.45) is 5.92 Å². The summed E-state index contributed by atoms with van der Waals surface area (Å²) in [6, 6.07) is 19.7. The fourth-order valence-electron chi connectivity index (χ4n) is 4.69. The summed E-state index contributed by atoms with van der Waals surface area (Å²) in [7, 11) is 0. The van der Waals surface area contributed by atoms with Crippen molar-refractivity contribution in [2.45, 2.75) is 40.2 Å². The van der Waals surface area contributed by atoms with Gasteiger partial charge in [-0.2, -0.15) is 0 Å². The molecule has 37 heavy (non-hydrogen) atoms. The van der Waals surface area contributed by atoms with Crippen LogP contribution in [0.1, 0.15) is 60.5 Å². The van der Waals surface area contributed by atoms with E-state index >= 15 is 0 Å². The fraction of sp³-hybridized carbons (Fsp3) is 0.290. The molecule has 0 saturated carbocycles. The van der Waals surface area contributed by atoms with Crippen LogP contribution in [0.4, 0.5) is 5.69 Å². The van der Waals surface area contributed by atoms with Crippen molar-refractivity contribution in [3.05, 3.63) is 99.4 Å². The molecule has 2 heterocycles. The maximum Gasteiger partial charge on any atom is 0.295 e. The van der Waals surface area contributed by atoms with Gasteiger partial charge in [0.2, 0.25) is 5.76 Å². The molecule has 0 radical (unpaired) electrons. The van der Waals surface area contributed by atoms with Crippen molar-refractivity contribution < 1.29 is 18.7 Å². The minimum absolute atomic E-state index is 0.0736. The molecule has 1 aromatic heterocycles. The van der Waals surface area contributed by atoms with Gasteiger partial charge in [0.1, 0.15) is 5.58 Å². The summed E-state index contributed by atoms with van der Waals surface area (Å²) in [5, 5.41) is 0.448. The molecule has 6 heteroatoms. The normalized spacial score (nSPS) is 14.9. The van der Waals surface area contributed by atoms with E-state index in [0.717, 1.165) is 17.5 Å². The first-order valence-electron chi connectivity index (χ1n) is 12.7. The van der Waals surface area contributed by atoms with E-state index in [9.17, 15) is 9.59 Å². The number of ether oxygens (including phenoxy) is 2. The molecule has 1 atom stereocenters. The molecule has 0 aliphatic carbocycles. The number of anilines is 1. The van der Waals surface area contributed by atoms with Gasteiger partial charge in [0, 0.05) is 5.69 Å². The van der Waals surface area contributed by atoms with Crippen LogP contribution in [-0.2, 0) is 0 Å². The number of amides is 1. The first-order chi connectivity index (χ1) is 17.9. The Kier molecular flexibility index (Phi) is 6.74. The number of nitrogens with zero attached hydrogens (tertiary/aromatic N) is 1. The zero-order chi connectivity index (χ0) is 26.1. The lowest BCUT2D eigenvalue weighted by Crippen LogP contribution is -2.29. The second kappa shape index (κ2) is 10.1. The highest BCUT2D eigenvalue weighted by atomic mass is 16.5. The molecule has 190 valence electrons. The third-order valence-corrected chi connectivity index (χ3v) is 6.63. The topological polar surface area (TPSA) is 69.0 Å². The molecule has 0 saturated heterocycles. The Hall–Kier alpha value is -4.06. The SMILES string of the molecule is CCOc1cc(C2c3c(oc4ccccc4c3=O)C(=O)N2c2ccc(C)cc2)ccc1OCCC(C)C. The zero-order valence-corrected chi connectivity index (χ0v) is 21.6. The lowest BCUT2D eigenvalue weighted by Gasteiger charge is -2.26. The number of aryl methyl sites for hydroxylation is 1. The molecule has 0 bridgehead atoms. The quantitative estimate of drug-likeness (QED) is 0.272. The van der Waals surface area contributed by atoms with Gasteiger partial charge in [-0.1, -0.05) is 49.7 Å². The summed E-state index contributed by atoms with van der Waals surface area (Å²) in [6.45, 7) is 9.24. The summed E-state index contributed by atoms with van der Waals surface area (Å²) < 4.78 is 18.0. The van der Waals surface area contributed by atoms with Crippen LogP contribution in [-0.4, -0.2) is 19.1 Å². The molecule has 0 spiro atoms. The summed E-state index contributed by atoms with van der Waals surface area (Å²) >= 11 is 0. The van der Waals surface area contributed by atoms with E-state index in [2.05, 4.69) is 13.8 Å². The van der Waals surface area contributed by atoms with Gasteiger partial charge in [0.15, 0.2) is 16.9 Å². The Morgan fingerprint density at radius 1 is 0.946 bits per heavy atom. The first-order valence-corrected chi connectivity index (χ1v) is 12.7. The van der Waals surface area contributed by atoms with E-state index in [4.69, 9.17) is 13.9 Å². The second-order valence-electron chi connectivity index (χ2n) is 9.75. The molecular weight excluding hydrogens is 466 g/mol. The highest BCUT2D eigenvalue weighted by Crippen LogP contribution is 2.43. The number of hydrogen-bond donors (Lipinski definition) is 0. The van der Waals surface area contributed by atoms with Crippen molar-refractivity contribution in [2.75, 3.05) is 18.1 Å². The molecule has 1 aliphatic rings. The average molecular weight is 498 g/mol. The number of para-hydroxylation sites is 1. The van der Waals surface area contributed by atoms with Gasteiger partial charge in [-0.3, -0.25) is 14.5 Å². The Labute approximate surface area is 216 Å². The van der Waals surface area contributed by atoms with E-state index in [1.165, 1.54) is 0 Å². The summed E-state index contributed by atoms with van der Waals surface area (Å²) in [6.07, 6.45) is 0.924. The largest absolute Gasteiger partial charge is 0.490 e. The van der Waals surface area contributed by atoms with Crippen LogP contribution in [0.2, 0.25) is 0 Å². The van der Waals surface area contributed by atoms with Gasteiger partial charge in [-0.05, 0) is 68.1 Å². The Bertz CT molecular complexity index is 1500. The smallest absolute Gasteiger partial charge is 0.295 e. The molecule has 4 aromatic rings. The van der Waals surface area contributed by atoms with Gasteiger partial charge in [0.05, 0.1) is 30.2 Å². The minimum Gasteiger partial charge on any atom is -0.490 e. The van der Waals surface area contributed by atoms with Crippen LogP contribution < -0.4 is 19.8 Å². The van der Waals surface area contributed by atoms with Crippen molar-refractivity contribution >= 4 is 22.6 Å². The number of rotatable bonds is 8. The van der Waals surface area contributed by atoms with E-state index in [-0.39, 0.29) is 17.1 Å². The third kappa shape index (κ3) is 4.59. The lowest BCUT2D eigenvalue weighted by molar-refractivity contribution is 0.0971. The van der Waals surface area contributed by atoms with Gasteiger partial charge in [0.25, 0.3) is 5.91 Å². The van der Waals surface area contributed by atoms with Crippen molar-refractivity contribution in [3.8, 4) is 11.5 Å². The summed E-state index contributed by atoms with van der Waals surface area (Å²) in [5.74, 6) is 1.47.